The summed E-state index contributed by atoms with van der Waals surface area (Å²) in [6.45, 7) is 1.48. The molecule has 3 aliphatic carbocycles. The van der Waals surface area contributed by atoms with Crippen molar-refractivity contribution in [3.63, 3.8) is 0 Å². The highest BCUT2D eigenvalue weighted by Gasteiger charge is 2.64. The first kappa shape index (κ1) is 24.2. The van der Waals surface area contributed by atoms with Gasteiger partial charge < -0.3 is 44.8 Å². The van der Waals surface area contributed by atoms with Gasteiger partial charge in [0.15, 0.2) is 23.6 Å². The molecule has 5 rings (SSSR count). The Balaban J connectivity index is 1.39. The van der Waals surface area contributed by atoms with E-state index in [1.54, 1.807) is 7.11 Å². The Morgan fingerprint density at radius 3 is 2.53 bits per heavy atom. The van der Waals surface area contributed by atoms with Gasteiger partial charge in [0.25, 0.3) is 0 Å². The minimum atomic E-state index is -1.58. The number of methoxy groups -OCH3 is 1. The maximum absolute atomic E-state index is 11.8. The summed E-state index contributed by atoms with van der Waals surface area (Å²) in [7, 11) is 1.55. The highest BCUT2D eigenvalue weighted by Crippen LogP contribution is 2.65. The third kappa shape index (κ3) is 3.48. The van der Waals surface area contributed by atoms with E-state index in [2.05, 4.69) is 0 Å². The average molecular weight is 481 g/mol. The molecule has 0 amide bonds. The summed E-state index contributed by atoms with van der Waals surface area (Å²) in [5.74, 6) is -0.151. The van der Waals surface area contributed by atoms with E-state index in [4.69, 9.17) is 14.2 Å². The largest absolute Gasteiger partial charge is 0.504 e. The first-order chi connectivity index (χ1) is 16.1. The van der Waals surface area contributed by atoms with Gasteiger partial charge in [-0.25, -0.2) is 0 Å². The minimum Gasteiger partial charge on any atom is -0.504 e. The van der Waals surface area contributed by atoms with E-state index >= 15 is 0 Å². The third-order valence-electron chi connectivity index (χ3n) is 9.26. The van der Waals surface area contributed by atoms with E-state index < -0.39 is 48.5 Å². The lowest BCUT2D eigenvalue weighted by molar-refractivity contribution is -0.384. The number of phenols is 1. The standard InChI is InChI=1S/C25H36O9/c1-24-7-5-13-14(4-3-12-9-17(27)18(32-2)10-15(12)13)16(24)6-8-25(24,31)34-23-22(30)21(29)20(28)19(11-26)33-23/h9-10,13-14,16,19-23,26-31H,3-8,11H2,1-2H3/t13-,14+,16-,19+,20-,21-,22+,23+,24-,25+/m0/s1. The molecule has 0 unspecified atom stereocenters. The summed E-state index contributed by atoms with van der Waals surface area (Å²) in [4.78, 5) is 0. The van der Waals surface area contributed by atoms with Gasteiger partial charge in [-0.2, -0.15) is 0 Å². The minimum absolute atomic E-state index is 0.156. The normalized spacial score (nSPS) is 45.9. The Hall–Kier alpha value is -1.46. The van der Waals surface area contributed by atoms with Crippen LogP contribution in [0.4, 0.5) is 0 Å². The Morgan fingerprint density at radius 1 is 1.06 bits per heavy atom. The number of ether oxygens (including phenoxy) is 3. The lowest BCUT2D eigenvalue weighted by atomic mass is 9.55. The number of aromatic hydroxyl groups is 1. The molecular weight excluding hydrogens is 444 g/mol. The molecule has 1 aromatic rings. The lowest BCUT2D eigenvalue weighted by Crippen LogP contribution is -2.62. The fourth-order valence-corrected chi connectivity index (χ4v) is 7.28. The summed E-state index contributed by atoms with van der Waals surface area (Å²) in [5.41, 5.74) is 1.76. The second kappa shape index (κ2) is 8.58. The zero-order valence-electron chi connectivity index (χ0n) is 19.6. The van der Waals surface area contributed by atoms with Crippen molar-refractivity contribution in [3.8, 4) is 11.5 Å². The molecule has 6 N–H and O–H groups in total. The molecule has 3 fully saturated rings. The number of rotatable bonds is 4. The van der Waals surface area contributed by atoms with Gasteiger partial charge in [0, 0.05) is 11.8 Å². The molecule has 1 heterocycles. The molecule has 0 spiro atoms. The molecular formula is C25H36O9. The number of benzene rings is 1. The zero-order valence-corrected chi connectivity index (χ0v) is 19.6. The number of hydrogen-bond donors (Lipinski definition) is 6. The molecule has 9 heteroatoms. The van der Waals surface area contributed by atoms with Crippen molar-refractivity contribution in [3.05, 3.63) is 23.3 Å². The number of phenolic OH excluding ortho intramolecular Hbond substituents is 1. The Morgan fingerprint density at radius 2 is 1.82 bits per heavy atom. The van der Waals surface area contributed by atoms with Crippen LogP contribution < -0.4 is 4.74 Å². The monoisotopic (exact) mass is 480 g/mol. The van der Waals surface area contributed by atoms with Crippen LogP contribution in [0.2, 0.25) is 0 Å². The SMILES string of the molecule is COc1cc2c(cc1O)CC[C@@H]1[C@@H]2CC[C@@]2(C)[C@H]1CC[C@@]2(O)O[C@H]1O[C@H](CO)[C@H](O)[C@H](O)[C@H]1O. The Kier molecular flexibility index (Phi) is 6.12. The topological polar surface area (TPSA) is 149 Å². The van der Waals surface area contributed by atoms with Crippen molar-refractivity contribution in [2.24, 2.45) is 17.3 Å². The molecule has 1 aromatic carbocycles. The van der Waals surface area contributed by atoms with Crippen molar-refractivity contribution in [1.29, 1.82) is 0 Å². The van der Waals surface area contributed by atoms with Gasteiger partial charge in [0.2, 0.25) is 0 Å². The Bertz CT molecular complexity index is 922. The predicted octanol–water partition coefficient (Wildman–Crippen LogP) is 0.762. The van der Waals surface area contributed by atoms with Crippen LogP contribution in [-0.4, -0.2) is 80.8 Å². The van der Waals surface area contributed by atoms with E-state index in [-0.39, 0.29) is 11.7 Å². The van der Waals surface area contributed by atoms with Crippen LogP contribution in [0, 0.1) is 17.3 Å². The average Bonchev–Trinajstić information content (AvgIpc) is 3.09. The maximum Gasteiger partial charge on any atom is 0.189 e. The molecule has 4 aliphatic rings. The molecule has 190 valence electrons. The first-order valence-electron chi connectivity index (χ1n) is 12.2. The van der Waals surface area contributed by atoms with E-state index in [1.165, 1.54) is 5.56 Å². The van der Waals surface area contributed by atoms with Crippen LogP contribution in [0.1, 0.15) is 56.1 Å². The highest BCUT2D eigenvalue weighted by atomic mass is 16.8. The second-order valence-corrected chi connectivity index (χ2v) is 10.7. The molecule has 1 saturated heterocycles. The van der Waals surface area contributed by atoms with Gasteiger partial charge in [-0.1, -0.05) is 6.92 Å². The lowest BCUT2D eigenvalue weighted by Gasteiger charge is -2.54. The molecule has 2 saturated carbocycles. The Labute approximate surface area is 198 Å². The number of aliphatic hydroxyl groups is 5. The van der Waals surface area contributed by atoms with Crippen molar-refractivity contribution >= 4 is 0 Å². The number of fused-ring (bicyclic) bond motifs is 5. The summed E-state index contributed by atoms with van der Waals surface area (Å²) < 4.78 is 16.9. The van der Waals surface area contributed by atoms with Gasteiger partial charge in [0.05, 0.1) is 13.7 Å². The van der Waals surface area contributed by atoms with E-state index in [9.17, 15) is 30.6 Å². The van der Waals surface area contributed by atoms with E-state index in [1.807, 2.05) is 19.1 Å². The van der Waals surface area contributed by atoms with E-state index in [0.29, 0.717) is 30.4 Å². The third-order valence-corrected chi connectivity index (χ3v) is 9.26. The fraction of sp³-hybridized carbons (Fsp3) is 0.760. The van der Waals surface area contributed by atoms with Gasteiger partial charge >= 0.3 is 0 Å². The first-order valence-corrected chi connectivity index (χ1v) is 12.2. The highest BCUT2D eigenvalue weighted by molar-refractivity contribution is 5.49. The van der Waals surface area contributed by atoms with Crippen molar-refractivity contribution in [1.82, 2.24) is 0 Å². The molecule has 0 radical (unpaired) electrons. The second-order valence-electron chi connectivity index (χ2n) is 10.7. The van der Waals surface area contributed by atoms with Crippen LogP contribution in [0.15, 0.2) is 12.1 Å². The summed E-state index contributed by atoms with van der Waals surface area (Å²) in [6, 6.07) is 3.77. The quantitative estimate of drug-likeness (QED) is 0.344. The summed E-state index contributed by atoms with van der Waals surface area (Å²) in [5, 5.41) is 62.1. The summed E-state index contributed by atoms with van der Waals surface area (Å²) in [6.07, 6.45) is -2.63. The van der Waals surface area contributed by atoms with Gasteiger partial charge in [0.1, 0.15) is 24.4 Å². The predicted molar refractivity (Wildman–Crippen MR) is 119 cm³/mol. The van der Waals surface area contributed by atoms with Crippen LogP contribution in [0.3, 0.4) is 0 Å². The van der Waals surface area contributed by atoms with Crippen LogP contribution in [-0.2, 0) is 15.9 Å². The van der Waals surface area contributed by atoms with Crippen molar-refractivity contribution in [2.45, 2.75) is 87.9 Å². The smallest absolute Gasteiger partial charge is 0.189 e. The van der Waals surface area contributed by atoms with Crippen molar-refractivity contribution < 1.29 is 44.8 Å². The van der Waals surface area contributed by atoms with Crippen LogP contribution in [0.5, 0.6) is 11.5 Å². The molecule has 9 nitrogen and oxygen atoms in total. The van der Waals surface area contributed by atoms with Gasteiger partial charge in [-0.3, -0.25) is 0 Å². The van der Waals surface area contributed by atoms with Gasteiger partial charge in [-0.15, -0.1) is 0 Å². The molecule has 1 aliphatic heterocycles. The summed E-state index contributed by atoms with van der Waals surface area (Å²) >= 11 is 0. The van der Waals surface area contributed by atoms with Crippen LogP contribution >= 0.6 is 0 Å². The number of aliphatic hydroxyl groups excluding tert-OH is 4. The molecule has 10 atom stereocenters. The molecule has 0 bridgehead atoms. The number of hydrogen-bond acceptors (Lipinski definition) is 9. The molecule has 0 aromatic heterocycles. The number of aryl methyl sites for hydroxylation is 1. The van der Waals surface area contributed by atoms with Crippen molar-refractivity contribution in [2.75, 3.05) is 13.7 Å². The van der Waals surface area contributed by atoms with Crippen LogP contribution in [0.25, 0.3) is 0 Å². The fourth-order valence-electron chi connectivity index (χ4n) is 7.28. The molecule has 34 heavy (non-hydrogen) atoms. The maximum atomic E-state index is 11.8. The zero-order chi connectivity index (χ0) is 24.4. The van der Waals surface area contributed by atoms with Gasteiger partial charge in [-0.05, 0) is 73.1 Å². The van der Waals surface area contributed by atoms with E-state index in [0.717, 1.165) is 31.2 Å².